The Labute approximate surface area is 177 Å². The van der Waals surface area contributed by atoms with Crippen LogP contribution in [0.1, 0.15) is 39.5 Å². The van der Waals surface area contributed by atoms with E-state index >= 15 is 0 Å². The molecule has 166 valence electrons. The largest absolute Gasteiger partial charge is 0.350 e. The van der Waals surface area contributed by atoms with Gasteiger partial charge in [-0.3, -0.25) is 14.2 Å². The van der Waals surface area contributed by atoms with Crippen LogP contribution in [-0.4, -0.2) is 29.1 Å². The molecule has 2 fully saturated rings. The molecule has 2 aliphatic rings. The van der Waals surface area contributed by atoms with Crippen LogP contribution in [0.15, 0.2) is 45.1 Å². The van der Waals surface area contributed by atoms with E-state index in [1.807, 2.05) is 12.3 Å². The van der Waals surface area contributed by atoms with Crippen LogP contribution in [0.5, 0.6) is 0 Å². The lowest BCUT2D eigenvalue weighted by atomic mass is 10.1. The lowest BCUT2D eigenvalue weighted by molar-refractivity contribution is -0.115. The number of sulfonamides is 1. The van der Waals surface area contributed by atoms with Gasteiger partial charge in [-0.1, -0.05) is 13.5 Å². The molecule has 2 aromatic rings. The lowest BCUT2D eigenvalue weighted by Crippen LogP contribution is -2.47. The molecule has 2 saturated carbocycles. The summed E-state index contributed by atoms with van der Waals surface area (Å²) in [5.74, 6) is -2.71. The van der Waals surface area contributed by atoms with E-state index in [9.17, 15) is 27.2 Å². The van der Waals surface area contributed by atoms with Crippen molar-refractivity contribution in [2.75, 3.05) is 5.43 Å². The highest BCUT2D eigenvalue weighted by Gasteiger charge is 2.41. The van der Waals surface area contributed by atoms with Crippen molar-refractivity contribution in [3.05, 3.63) is 51.4 Å². The van der Waals surface area contributed by atoms with Crippen molar-refractivity contribution in [1.82, 2.24) is 14.0 Å². The summed E-state index contributed by atoms with van der Waals surface area (Å²) in [5, 5.41) is -0.0857. The van der Waals surface area contributed by atoms with Gasteiger partial charge in [0, 0.05) is 12.1 Å². The van der Waals surface area contributed by atoms with Crippen molar-refractivity contribution in [3.63, 3.8) is 0 Å². The summed E-state index contributed by atoms with van der Waals surface area (Å²) in [6.45, 7) is 6.88. The molecule has 0 unspecified atom stereocenters. The monoisotopic (exact) mass is 450 g/mol. The molecule has 0 atom stereocenters. The van der Waals surface area contributed by atoms with E-state index in [1.165, 1.54) is 22.8 Å². The number of benzene rings is 1. The number of carbonyl (C=O) groups excluding carboxylic acids is 1. The molecule has 0 spiro atoms. The number of nitrogens with zero attached hydrogens (tertiary/aromatic N) is 2. The topological polar surface area (TPSA) is 119 Å². The average molecular weight is 450 g/mol. The maximum Gasteiger partial charge on any atom is 0.350 e. The lowest BCUT2D eigenvalue weighted by Gasteiger charge is -2.18. The third-order valence-electron chi connectivity index (χ3n) is 5.91. The van der Waals surface area contributed by atoms with Crippen molar-refractivity contribution in [2.24, 2.45) is 5.41 Å². The molecule has 0 aliphatic heterocycles. The molecule has 4 rings (SSSR count). The van der Waals surface area contributed by atoms with Gasteiger partial charge in [-0.25, -0.2) is 27.8 Å². The second-order valence-electron chi connectivity index (χ2n) is 9.01. The molecule has 2 aliphatic carbocycles. The van der Waals surface area contributed by atoms with E-state index in [4.69, 9.17) is 0 Å². The third-order valence-corrected chi connectivity index (χ3v) is 7.54. The smallest absolute Gasteiger partial charge is 0.291 e. The first-order valence-electron chi connectivity index (χ1n) is 9.84. The van der Waals surface area contributed by atoms with Crippen molar-refractivity contribution in [2.45, 2.75) is 56.5 Å². The Morgan fingerprint density at radius 1 is 1.19 bits per heavy atom. The molecular weight excluding hydrogens is 427 g/mol. The average Bonchev–Trinajstić information content (AvgIpc) is 3.60. The molecule has 1 amide bonds. The normalized spacial score (nSPS) is 18.5. The minimum absolute atomic E-state index is 0.0857. The Morgan fingerprint density at radius 2 is 1.84 bits per heavy atom. The first-order valence-corrected chi connectivity index (χ1v) is 11.3. The van der Waals surface area contributed by atoms with Crippen LogP contribution in [0.4, 0.5) is 4.39 Å². The van der Waals surface area contributed by atoms with Gasteiger partial charge in [0.15, 0.2) is 5.83 Å². The Bertz CT molecular complexity index is 1350. The number of hydrogen-bond acceptors (Lipinski definition) is 5. The van der Waals surface area contributed by atoms with Crippen molar-refractivity contribution >= 4 is 26.8 Å². The number of amides is 1. The SMILES string of the molecule is C=C(F)C(=O)Nn1c(=O)c2cc(S(=O)(=O)NC3(C)CC3)ccc2n(CC2(C)CC2)c1=O. The number of halogens is 1. The quantitative estimate of drug-likeness (QED) is 0.617. The van der Waals surface area contributed by atoms with E-state index in [2.05, 4.69) is 11.3 Å². The highest BCUT2D eigenvalue weighted by molar-refractivity contribution is 7.89. The van der Waals surface area contributed by atoms with Crippen molar-refractivity contribution in [1.29, 1.82) is 0 Å². The van der Waals surface area contributed by atoms with Crippen LogP contribution in [0.3, 0.4) is 0 Å². The van der Waals surface area contributed by atoms with Gasteiger partial charge >= 0.3 is 5.69 Å². The minimum Gasteiger partial charge on any atom is -0.291 e. The minimum atomic E-state index is -3.91. The van der Waals surface area contributed by atoms with Crippen LogP contribution >= 0.6 is 0 Å². The van der Waals surface area contributed by atoms with Gasteiger partial charge in [0.1, 0.15) is 0 Å². The molecule has 0 radical (unpaired) electrons. The summed E-state index contributed by atoms with van der Waals surface area (Å²) in [4.78, 5) is 37.6. The molecule has 1 aromatic heterocycles. The van der Waals surface area contributed by atoms with Gasteiger partial charge in [-0.2, -0.15) is 4.68 Å². The fourth-order valence-corrected chi connectivity index (χ4v) is 4.85. The maximum absolute atomic E-state index is 13.2. The fourth-order valence-electron chi connectivity index (χ4n) is 3.36. The van der Waals surface area contributed by atoms with Crippen LogP contribution in [0.25, 0.3) is 10.9 Å². The summed E-state index contributed by atoms with van der Waals surface area (Å²) >= 11 is 0. The zero-order chi connectivity index (χ0) is 22.8. The first-order chi connectivity index (χ1) is 14.3. The van der Waals surface area contributed by atoms with Gasteiger partial charge in [0.25, 0.3) is 11.5 Å². The second kappa shape index (κ2) is 6.86. The highest BCUT2D eigenvalue weighted by atomic mass is 32.2. The fraction of sp³-hybridized carbons (Fsp3) is 0.450. The van der Waals surface area contributed by atoms with Crippen LogP contribution in [0, 0.1) is 5.41 Å². The molecular formula is C20H23FN4O5S. The van der Waals surface area contributed by atoms with Crippen LogP contribution < -0.4 is 21.4 Å². The van der Waals surface area contributed by atoms with E-state index < -0.39 is 38.5 Å². The van der Waals surface area contributed by atoms with Gasteiger partial charge in [-0.05, 0) is 56.2 Å². The first kappa shape index (κ1) is 21.4. The highest BCUT2D eigenvalue weighted by Crippen LogP contribution is 2.46. The molecule has 9 nitrogen and oxygen atoms in total. The molecule has 1 aromatic carbocycles. The predicted molar refractivity (Wildman–Crippen MR) is 112 cm³/mol. The standard InChI is InChI=1S/C20H23FN4O5S/c1-12(21)16(26)22-25-17(27)14-10-13(31(29,30)23-20(3)8-9-20)4-5-15(14)24(18(25)28)11-19(2)6-7-19/h4-5,10,23H,1,6-9,11H2,2-3H3,(H,22,26). The van der Waals surface area contributed by atoms with Gasteiger partial charge in [0.2, 0.25) is 10.0 Å². The summed E-state index contributed by atoms with van der Waals surface area (Å²) in [6.07, 6.45) is 3.18. The van der Waals surface area contributed by atoms with Gasteiger partial charge < -0.3 is 0 Å². The molecule has 2 N–H and O–H groups in total. The van der Waals surface area contributed by atoms with E-state index in [0.29, 0.717) is 17.5 Å². The Kier molecular flexibility index (Phi) is 4.74. The summed E-state index contributed by atoms with van der Waals surface area (Å²) in [6, 6.07) is 3.92. The van der Waals surface area contributed by atoms with Crippen molar-refractivity contribution in [3.8, 4) is 0 Å². The Hall–Kier alpha value is -2.79. The van der Waals surface area contributed by atoms with Gasteiger partial charge in [0.05, 0.1) is 15.8 Å². The van der Waals surface area contributed by atoms with Crippen molar-refractivity contribution < 1.29 is 17.6 Å². The molecule has 1 heterocycles. The van der Waals surface area contributed by atoms with Crippen LogP contribution in [-0.2, 0) is 21.4 Å². The van der Waals surface area contributed by atoms with Gasteiger partial charge in [-0.15, -0.1) is 0 Å². The maximum atomic E-state index is 13.2. The number of rotatable bonds is 7. The zero-order valence-corrected chi connectivity index (χ0v) is 18.0. The van der Waals surface area contributed by atoms with Crippen LogP contribution in [0.2, 0.25) is 0 Å². The molecule has 31 heavy (non-hydrogen) atoms. The number of fused-ring (bicyclic) bond motifs is 1. The predicted octanol–water partition coefficient (Wildman–Crippen LogP) is 1.35. The van der Waals surface area contributed by atoms with E-state index in [1.54, 1.807) is 6.92 Å². The molecule has 0 saturated heterocycles. The van der Waals surface area contributed by atoms with E-state index in [-0.39, 0.29) is 27.8 Å². The third kappa shape index (κ3) is 4.07. The number of hydrogen-bond donors (Lipinski definition) is 2. The van der Waals surface area contributed by atoms with E-state index in [0.717, 1.165) is 12.8 Å². The summed E-state index contributed by atoms with van der Waals surface area (Å²) in [7, 11) is -3.91. The zero-order valence-electron chi connectivity index (χ0n) is 17.2. The second-order valence-corrected chi connectivity index (χ2v) is 10.7. The number of nitrogens with one attached hydrogen (secondary N) is 2. The summed E-state index contributed by atoms with van der Waals surface area (Å²) in [5.41, 5.74) is -0.314. The summed E-state index contributed by atoms with van der Waals surface area (Å²) < 4.78 is 43.0. The Balaban J connectivity index is 1.91. The number of carbonyl (C=O) groups is 1. The number of aromatic nitrogens is 2. The molecule has 0 bridgehead atoms. The molecule has 11 heteroatoms. The Morgan fingerprint density at radius 3 is 2.39 bits per heavy atom.